The van der Waals surface area contributed by atoms with Crippen LogP contribution in [0.3, 0.4) is 0 Å². The molecule has 5 nitrogen and oxygen atoms in total. The zero-order chi connectivity index (χ0) is 16.0. The minimum Gasteiger partial charge on any atom is -0.454 e. The van der Waals surface area contributed by atoms with E-state index in [1.54, 1.807) is 0 Å². The van der Waals surface area contributed by atoms with Gasteiger partial charge in [-0.1, -0.05) is 24.3 Å². The van der Waals surface area contributed by atoms with Crippen LogP contribution >= 0.6 is 0 Å². The van der Waals surface area contributed by atoms with Gasteiger partial charge in [0.15, 0.2) is 11.5 Å². The number of benzene rings is 2. The summed E-state index contributed by atoms with van der Waals surface area (Å²) in [6.45, 7) is 5.00. The van der Waals surface area contributed by atoms with Crippen molar-refractivity contribution in [2.45, 2.75) is 19.9 Å². The van der Waals surface area contributed by atoms with Crippen molar-refractivity contribution < 1.29 is 9.47 Å². The molecule has 0 bridgehead atoms. The first-order valence-electron chi connectivity index (χ1n) is 7.76. The molecule has 1 aliphatic heterocycles. The number of ether oxygens (including phenoxy) is 2. The van der Waals surface area contributed by atoms with Crippen LogP contribution in [0.4, 0.5) is 0 Å². The van der Waals surface area contributed by atoms with Crippen molar-refractivity contribution in [1.29, 1.82) is 0 Å². The summed E-state index contributed by atoms with van der Waals surface area (Å²) in [4.78, 5) is 4.86. The molecule has 4 rings (SSSR count). The Kier molecular flexibility index (Phi) is 3.23. The van der Waals surface area contributed by atoms with E-state index in [4.69, 9.17) is 20.2 Å². The molecule has 2 aromatic carbocycles. The number of nitrogens with zero attached hydrogens (tertiary/aromatic N) is 2. The van der Waals surface area contributed by atoms with Crippen LogP contribution in [0.25, 0.3) is 22.4 Å². The third kappa shape index (κ3) is 2.16. The fraction of sp³-hybridized carbons (Fsp3) is 0.278. The molecule has 0 aliphatic carbocycles. The SMILES string of the molecule is Cc1ccccc1-c1nc2cc3c(cc2n1C(C)CN)OCO3. The number of hydrogen-bond donors (Lipinski definition) is 1. The molecule has 2 heterocycles. The minimum absolute atomic E-state index is 0.134. The Bertz CT molecular complexity index is 885. The van der Waals surface area contributed by atoms with Crippen molar-refractivity contribution in [2.24, 2.45) is 5.73 Å². The summed E-state index contributed by atoms with van der Waals surface area (Å²) in [7, 11) is 0. The normalized spacial score (nSPS) is 14.4. The van der Waals surface area contributed by atoms with E-state index in [1.807, 2.05) is 24.3 Å². The molecule has 3 aromatic rings. The van der Waals surface area contributed by atoms with Gasteiger partial charge in [0.05, 0.1) is 11.0 Å². The van der Waals surface area contributed by atoms with Crippen molar-refractivity contribution in [3.05, 3.63) is 42.0 Å². The monoisotopic (exact) mass is 309 g/mol. The molecule has 1 aromatic heterocycles. The second-order valence-corrected chi connectivity index (χ2v) is 5.90. The van der Waals surface area contributed by atoms with E-state index in [-0.39, 0.29) is 12.8 Å². The van der Waals surface area contributed by atoms with Gasteiger partial charge in [-0.3, -0.25) is 0 Å². The topological polar surface area (TPSA) is 62.3 Å². The molecule has 0 spiro atoms. The van der Waals surface area contributed by atoms with Gasteiger partial charge in [-0.15, -0.1) is 0 Å². The fourth-order valence-corrected chi connectivity index (χ4v) is 3.05. The Morgan fingerprint density at radius 3 is 2.70 bits per heavy atom. The quantitative estimate of drug-likeness (QED) is 0.806. The summed E-state index contributed by atoms with van der Waals surface area (Å²) >= 11 is 0. The van der Waals surface area contributed by atoms with Gasteiger partial charge in [0, 0.05) is 30.3 Å². The molecule has 0 saturated heterocycles. The minimum atomic E-state index is 0.134. The van der Waals surface area contributed by atoms with E-state index >= 15 is 0 Å². The summed E-state index contributed by atoms with van der Waals surface area (Å²) in [6, 6.07) is 12.3. The molecule has 0 saturated carbocycles. The van der Waals surface area contributed by atoms with Crippen LogP contribution in [0.2, 0.25) is 0 Å². The van der Waals surface area contributed by atoms with E-state index in [2.05, 4.69) is 30.5 Å². The maximum Gasteiger partial charge on any atom is 0.231 e. The third-order valence-electron chi connectivity index (χ3n) is 4.35. The van der Waals surface area contributed by atoms with Crippen LogP contribution in [0.15, 0.2) is 36.4 Å². The van der Waals surface area contributed by atoms with E-state index in [0.29, 0.717) is 6.54 Å². The van der Waals surface area contributed by atoms with E-state index in [9.17, 15) is 0 Å². The highest BCUT2D eigenvalue weighted by Gasteiger charge is 2.22. The Morgan fingerprint density at radius 1 is 1.22 bits per heavy atom. The van der Waals surface area contributed by atoms with Crippen LogP contribution < -0.4 is 15.2 Å². The van der Waals surface area contributed by atoms with Crippen LogP contribution in [0.5, 0.6) is 11.5 Å². The lowest BCUT2D eigenvalue weighted by molar-refractivity contribution is 0.174. The number of imidazole rings is 1. The molecule has 0 radical (unpaired) electrons. The molecule has 2 N–H and O–H groups in total. The highest BCUT2D eigenvalue weighted by molar-refractivity contribution is 5.85. The summed E-state index contributed by atoms with van der Waals surface area (Å²) < 4.78 is 13.2. The molecular formula is C18H19N3O2. The lowest BCUT2D eigenvalue weighted by atomic mass is 10.1. The number of fused-ring (bicyclic) bond motifs is 2. The van der Waals surface area contributed by atoms with Crippen LogP contribution in [0, 0.1) is 6.92 Å². The number of rotatable bonds is 3. The zero-order valence-corrected chi connectivity index (χ0v) is 13.2. The summed E-state index contributed by atoms with van der Waals surface area (Å²) in [6.07, 6.45) is 0. The Hall–Kier alpha value is -2.53. The average molecular weight is 309 g/mol. The number of aryl methyl sites for hydroxylation is 1. The molecule has 0 fully saturated rings. The summed E-state index contributed by atoms with van der Waals surface area (Å²) in [5.41, 5.74) is 10.2. The molecule has 118 valence electrons. The number of nitrogens with two attached hydrogens (primary N) is 1. The van der Waals surface area contributed by atoms with Gasteiger partial charge < -0.3 is 19.8 Å². The number of aromatic nitrogens is 2. The third-order valence-corrected chi connectivity index (χ3v) is 4.35. The van der Waals surface area contributed by atoms with E-state index < -0.39 is 0 Å². The van der Waals surface area contributed by atoms with Gasteiger partial charge in [-0.2, -0.15) is 0 Å². The Labute approximate surface area is 134 Å². The maximum atomic E-state index is 5.95. The van der Waals surface area contributed by atoms with E-state index in [0.717, 1.165) is 33.9 Å². The fourth-order valence-electron chi connectivity index (χ4n) is 3.05. The molecule has 1 atom stereocenters. The zero-order valence-electron chi connectivity index (χ0n) is 13.2. The van der Waals surface area contributed by atoms with Gasteiger partial charge in [0.25, 0.3) is 0 Å². The molecule has 23 heavy (non-hydrogen) atoms. The Morgan fingerprint density at radius 2 is 1.96 bits per heavy atom. The van der Waals surface area contributed by atoms with Crippen molar-refractivity contribution in [1.82, 2.24) is 9.55 Å². The standard InChI is InChI=1S/C18H19N3O2/c1-11-5-3-4-6-13(11)18-20-14-7-16-17(23-10-22-16)8-15(14)21(18)12(2)9-19/h3-8,12H,9-10,19H2,1-2H3. The molecular weight excluding hydrogens is 290 g/mol. The largest absolute Gasteiger partial charge is 0.454 e. The van der Waals surface area contributed by atoms with Crippen molar-refractivity contribution in [3.8, 4) is 22.9 Å². The predicted molar refractivity (Wildman–Crippen MR) is 89.8 cm³/mol. The van der Waals surface area contributed by atoms with Crippen molar-refractivity contribution >= 4 is 11.0 Å². The smallest absolute Gasteiger partial charge is 0.231 e. The molecule has 1 unspecified atom stereocenters. The van der Waals surface area contributed by atoms with Crippen LogP contribution in [-0.4, -0.2) is 22.9 Å². The lowest BCUT2D eigenvalue weighted by Gasteiger charge is -2.17. The lowest BCUT2D eigenvalue weighted by Crippen LogP contribution is -2.17. The van der Waals surface area contributed by atoms with Crippen LogP contribution in [0.1, 0.15) is 18.5 Å². The molecule has 1 aliphatic rings. The summed E-state index contributed by atoms with van der Waals surface area (Å²) in [5.74, 6) is 2.44. The Balaban J connectivity index is 2.02. The van der Waals surface area contributed by atoms with Gasteiger partial charge in [0.2, 0.25) is 6.79 Å². The van der Waals surface area contributed by atoms with Gasteiger partial charge in [-0.25, -0.2) is 4.98 Å². The maximum absolute atomic E-state index is 5.95. The average Bonchev–Trinajstić information content (AvgIpc) is 3.15. The van der Waals surface area contributed by atoms with Crippen molar-refractivity contribution in [2.75, 3.05) is 13.3 Å². The molecule has 0 amide bonds. The highest BCUT2D eigenvalue weighted by Crippen LogP contribution is 2.39. The van der Waals surface area contributed by atoms with Crippen molar-refractivity contribution in [3.63, 3.8) is 0 Å². The van der Waals surface area contributed by atoms with E-state index in [1.165, 1.54) is 5.56 Å². The molecule has 5 heteroatoms. The van der Waals surface area contributed by atoms with Gasteiger partial charge in [0.1, 0.15) is 5.82 Å². The first-order chi connectivity index (χ1) is 11.2. The first kappa shape index (κ1) is 14.1. The second kappa shape index (κ2) is 5.28. The predicted octanol–water partition coefficient (Wildman–Crippen LogP) is 3.26. The summed E-state index contributed by atoms with van der Waals surface area (Å²) in [5, 5.41) is 0. The highest BCUT2D eigenvalue weighted by atomic mass is 16.7. The van der Waals surface area contributed by atoms with Gasteiger partial charge >= 0.3 is 0 Å². The number of hydrogen-bond acceptors (Lipinski definition) is 4. The second-order valence-electron chi connectivity index (χ2n) is 5.90. The first-order valence-corrected chi connectivity index (χ1v) is 7.76. The van der Waals surface area contributed by atoms with Gasteiger partial charge in [-0.05, 0) is 19.4 Å². The van der Waals surface area contributed by atoms with Crippen LogP contribution in [-0.2, 0) is 0 Å².